The molecule has 0 fully saturated rings. The Bertz CT molecular complexity index is 1950. The molecule has 0 unspecified atom stereocenters. The first kappa shape index (κ1) is 32.0. The van der Waals surface area contributed by atoms with Crippen LogP contribution in [0.15, 0.2) is 97.1 Å². The van der Waals surface area contributed by atoms with Crippen LogP contribution in [0.2, 0.25) is 0 Å². The highest BCUT2D eigenvalue weighted by atomic mass is 16.5. The van der Waals surface area contributed by atoms with E-state index in [2.05, 4.69) is 21.3 Å². The molecule has 2 heterocycles. The Kier molecular flexibility index (Phi) is 8.90. The highest BCUT2D eigenvalue weighted by Crippen LogP contribution is 2.35. The van der Waals surface area contributed by atoms with Crippen LogP contribution in [0.25, 0.3) is 0 Å². The third kappa shape index (κ3) is 6.52. The van der Waals surface area contributed by atoms with Crippen LogP contribution in [0.3, 0.4) is 0 Å². The molecule has 48 heavy (non-hydrogen) atoms. The van der Waals surface area contributed by atoms with Gasteiger partial charge < -0.3 is 52.1 Å². The van der Waals surface area contributed by atoms with Gasteiger partial charge in [-0.25, -0.2) is 0 Å². The number of nitrogens with one attached hydrogen (secondary N) is 4. The van der Waals surface area contributed by atoms with Gasteiger partial charge in [0, 0.05) is 12.1 Å². The van der Waals surface area contributed by atoms with E-state index in [9.17, 15) is 50.0 Å². The Morgan fingerprint density at radius 3 is 1.08 bits per heavy atom. The SMILES string of the molecule is O=C(Nc1ccccc1NC(=O)c1cccc(O)[n+]1[O-])c1ccc(C(=O)Nc2ccccc2NC(=O)c2cccc(O)[n+]2[O-])c(O)c1O. The molecule has 0 atom stereocenters. The molecule has 16 heteroatoms. The summed E-state index contributed by atoms with van der Waals surface area (Å²) in [4.78, 5) is 51.6. The van der Waals surface area contributed by atoms with Crippen molar-refractivity contribution in [3.63, 3.8) is 0 Å². The van der Waals surface area contributed by atoms with Gasteiger partial charge in [0.1, 0.15) is 0 Å². The van der Waals surface area contributed by atoms with Gasteiger partial charge in [-0.1, -0.05) is 24.3 Å². The lowest BCUT2D eigenvalue weighted by molar-refractivity contribution is -0.615. The zero-order valence-corrected chi connectivity index (χ0v) is 24.4. The number of hydrogen-bond acceptors (Lipinski definition) is 10. The normalized spacial score (nSPS) is 10.5. The maximum absolute atomic E-state index is 13.1. The summed E-state index contributed by atoms with van der Waals surface area (Å²) in [7, 11) is 0. The number of carbonyl (C=O) groups excluding carboxylic acids is 4. The molecule has 0 saturated heterocycles. The van der Waals surface area contributed by atoms with Gasteiger partial charge >= 0.3 is 23.6 Å². The Hall–Kier alpha value is -7.36. The second-order valence-electron chi connectivity index (χ2n) is 9.89. The lowest BCUT2D eigenvalue weighted by Crippen LogP contribution is -2.36. The Morgan fingerprint density at radius 1 is 0.438 bits per heavy atom. The molecule has 0 aliphatic rings. The summed E-state index contributed by atoms with van der Waals surface area (Å²) in [5, 5.41) is 74.5. The molecule has 0 aliphatic heterocycles. The molecule has 16 nitrogen and oxygen atoms in total. The standard InChI is InChI=1S/C32H24N6O10/c39-25-13-5-11-23(37(25)47)31(45)35-21-9-3-1-7-19(21)33-29(43)17-15-16-18(28(42)27(17)41)30(44)34-20-8-2-4-10-22(20)36-32(46)24-12-6-14-26(40)38(24)48/h1-16,39-42H,(H,33,43)(H,34,44)(H,35,45)(H,36,46). The molecule has 0 aliphatic carbocycles. The van der Waals surface area contributed by atoms with Crippen molar-refractivity contribution in [2.45, 2.75) is 0 Å². The van der Waals surface area contributed by atoms with Crippen LogP contribution in [-0.2, 0) is 0 Å². The van der Waals surface area contributed by atoms with Crippen LogP contribution in [0.1, 0.15) is 41.7 Å². The number of amides is 4. The summed E-state index contributed by atoms with van der Waals surface area (Å²) in [5.41, 5.74) is -1.55. The number of aromatic nitrogens is 2. The number of phenols is 2. The second kappa shape index (κ2) is 13.3. The van der Waals surface area contributed by atoms with E-state index in [4.69, 9.17) is 0 Å². The number of benzene rings is 3. The summed E-state index contributed by atoms with van der Waals surface area (Å²) < 4.78 is 0.0346. The van der Waals surface area contributed by atoms with Crippen LogP contribution in [0.4, 0.5) is 22.7 Å². The summed E-state index contributed by atoms with van der Waals surface area (Å²) in [6.45, 7) is 0. The minimum absolute atomic E-state index is 0.0173. The molecule has 0 bridgehead atoms. The van der Waals surface area contributed by atoms with Crippen LogP contribution >= 0.6 is 0 Å². The van der Waals surface area contributed by atoms with Crippen molar-refractivity contribution in [2.75, 3.05) is 21.3 Å². The third-order valence-electron chi connectivity index (χ3n) is 6.81. The number of para-hydroxylation sites is 4. The molecule has 0 saturated carbocycles. The van der Waals surface area contributed by atoms with E-state index in [1.54, 1.807) is 0 Å². The minimum Gasteiger partial charge on any atom is -0.615 e. The summed E-state index contributed by atoms with van der Waals surface area (Å²) in [6.07, 6.45) is 0. The van der Waals surface area contributed by atoms with Crippen molar-refractivity contribution in [1.82, 2.24) is 0 Å². The molecule has 0 spiro atoms. The number of rotatable bonds is 8. The monoisotopic (exact) mass is 652 g/mol. The van der Waals surface area contributed by atoms with Crippen molar-refractivity contribution < 1.29 is 49.1 Å². The van der Waals surface area contributed by atoms with Gasteiger partial charge in [-0.2, -0.15) is 0 Å². The van der Waals surface area contributed by atoms with E-state index in [0.29, 0.717) is 0 Å². The second-order valence-corrected chi connectivity index (χ2v) is 9.89. The van der Waals surface area contributed by atoms with Crippen molar-refractivity contribution >= 4 is 46.4 Å². The molecular weight excluding hydrogens is 628 g/mol. The van der Waals surface area contributed by atoms with Crippen LogP contribution < -0.4 is 30.7 Å². The van der Waals surface area contributed by atoms with Gasteiger partial charge in [0.15, 0.2) is 11.5 Å². The van der Waals surface area contributed by atoms with Crippen LogP contribution in [-0.4, -0.2) is 44.1 Å². The van der Waals surface area contributed by atoms with Crippen LogP contribution in [0, 0.1) is 10.4 Å². The maximum atomic E-state index is 13.1. The molecule has 2 aromatic heterocycles. The smallest absolute Gasteiger partial charge is 0.377 e. The first-order valence-corrected chi connectivity index (χ1v) is 13.8. The predicted octanol–water partition coefficient (Wildman–Crippen LogP) is 2.79. The lowest BCUT2D eigenvalue weighted by Gasteiger charge is -2.15. The number of pyridine rings is 2. The average molecular weight is 653 g/mol. The molecule has 8 N–H and O–H groups in total. The quantitative estimate of drug-likeness (QED) is 0.0691. The van der Waals surface area contributed by atoms with E-state index in [1.165, 1.54) is 72.8 Å². The minimum atomic E-state index is -0.945. The number of hydrogen-bond donors (Lipinski definition) is 8. The van der Waals surface area contributed by atoms with Crippen molar-refractivity contribution in [3.05, 3.63) is 130 Å². The number of phenolic OH excluding ortho intramolecular Hbond substituents is 2. The number of nitrogens with zero attached hydrogens (tertiary/aromatic N) is 2. The fourth-order valence-electron chi connectivity index (χ4n) is 4.40. The highest BCUT2D eigenvalue weighted by molar-refractivity contribution is 6.13. The molecule has 0 radical (unpaired) electrons. The molecule has 3 aromatic carbocycles. The van der Waals surface area contributed by atoms with E-state index in [-0.39, 0.29) is 32.2 Å². The molecule has 4 amide bonds. The average Bonchev–Trinajstić information content (AvgIpc) is 3.06. The number of aromatic hydroxyl groups is 4. The van der Waals surface area contributed by atoms with Crippen LogP contribution in [0.5, 0.6) is 23.3 Å². The van der Waals surface area contributed by atoms with Crippen molar-refractivity contribution in [1.29, 1.82) is 0 Å². The van der Waals surface area contributed by atoms with E-state index < -0.39 is 69.4 Å². The van der Waals surface area contributed by atoms with Gasteiger partial charge in [0.2, 0.25) is 0 Å². The van der Waals surface area contributed by atoms with E-state index in [1.807, 2.05) is 0 Å². The Morgan fingerprint density at radius 2 is 0.750 bits per heavy atom. The largest absolute Gasteiger partial charge is 0.615 e. The third-order valence-corrected chi connectivity index (χ3v) is 6.81. The molecule has 5 aromatic rings. The van der Waals surface area contributed by atoms with Crippen molar-refractivity contribution in [3.8, 4) is 23.3 Å². The predicted molar refractivity (Wildman–Crippen MR) is 169 cm³/mol. The molecular formula is C32H24N6O10. The fourth-order valence-corrected chi connectivity index (χ4v) is 4.40. The van der Waals surface area contributed by atoms with Gasteiger partial charge in [0.05, 0.1) is 46.0 Å². The van der Waals surface area contributed by atoms with Crippen molar-refractivity contribution in [2.24, 2.45) is 0 Å². The first-order chi connectivity index (χ1) is 23.0. The summed E-state index contributed by atoms with van der Waals surface area (Å²) in [6, 6.07) is 21.0. The lowest BCUT2D eigenvalue weighted by atomic mass is 10.1. The Balaban J connectivity index is 1.32. The number of carbonyl (C=O) groups is 4. The topological polar surface area (TPSA) is 251 Å². The molecule has 242 valence electrons. The maximum Gasteiger partial charge on any atom is 0.377 e. The summed E-state index contributed by atoms with van der Waals surface area (Å²) >= 11 is 0. The zero-order valence-electron chi connectivity index (χ0n) is 24.4. The van der Waals surface area contributed by atoms with Gasteiger partial charge in [-0.15, -0.1) is 9.46 Å². The highest BCUT2D eigenvalue weighted by Gasteiger charge is 2.25. The zero-order chi connectivity index (χ0) is 34.5. The van der Waals surface area contributed by atoms with Gasteiger partial charge in [0.25, 0.3) is 23.2 Å². The fraction of sp³-hybridized carbons (Fsp3) is 0. The first-order valence-electron chi connectivity index (χ1n) is 13.8. The Labute approximate surface area is 269 Å². The summed E-state index contributed by atoms with van der Waals surface area (Å²) in [5.74, 6) is -6.96. The number of anilines is 4. The van der Waals surface area contributed by atoms with Gasteiger partial charge in [-0.3, -0.25) is 19.2 Å². The van der Waals surface area contributed by atoms with Gasteiger partial charge in [-0.05, 0) is 48.5 Å². The van der Waals surface area contributed by atoms with E-state index in [0.717, 1.165) is 24.3 Å². The van der Waals surface area contributed by atoms with E-state index >= 15 is 0 Å². The molecule has 5 rings (SSSR count).